The van der Waals surface area contributed by atoms with Crippen LogP contribution in [0.4, 0.5) is 0 Å². The summed E-state index contributed by atoms with van der Waals surface area (Å²) in [5, 5.41) is 8.58. The van der Waals surface area contributed by atoms with Crippen LogP contribution in [0.25, 0.3) is 11.4 Å². The number of aromatic nitrogens is 3. The lowest BCUT2D eigenvalue weighted by Crippen LogP contribution is -1.90. The lowest BCUT2D eigenvalue weighted by Gasteiger charge is -1.98. The molecule has 0 radical (unpaired) electrons. The summed E-state index contributed by atoms with van der Waals surface area (Å²) in [6.45, 7) is 0. The molecular weight excluding hydrogens is 188 g/mol. The third kappa shape index (κ3) is 1.86. The summed E-state index contributed by atoms with van der Waals surface area (Å²) < 4.78 is 1.91. The molecule has 0 saturated carbocycles. The van der Waals surface area contributed by atoms with Gasteiger partial charge in [-0.15, -0.1) is 0 Å². The molecule has 0 bridgehead atoms. The van der Waals surface area contributed by atoms with Crippen molar-refractivity contribution in [2.45, 2.75) is 6.42 Å². The molecule has 0 N–H and O–H groups in total. The Balaban J connectivity index is 2.42. The molecule has 15 heavy (non-hydrogen) atoms. The highest BCUT2D eigenvalue weighted by atomic mass is 15.0. The maximum atomic E-state index is 8.58. The van der Waals surface area contributed by atoms with E-state index in [1.54, 1.807) is 12.4 Å². The standard InChI is InChI=1S/C11H10N4/c1-15-8-10(4-5-12)14-11(15)9-3-2-6-13-7-9/h2-3,6-8H,4H2,1H3. The fourth-order valence-corrected chi connectivity index (χ4v) is 1.46. The fraction of sp³-hybridized carbons (Fsp3) is 0.182. The third-order valence-corrected chi connectivity index (χ3v) is 2.11. The predicted molar refractivity (Wildman–Crippen MR) is 55.8 cm³/mol. The number of nitriles is 1. The van der Waals surface area contributed by atoms with E-state index in [1.165, 1.54) is 0 Å². The smallest absolute Gasteiger partial charge is 0.141 e. The highest BCUT2D eigenvalue weighted by Gasteiger charge is 2.06. The van der Waals surface area contributed by atoms with Crippen LogP contribution in [0.2, 0.25) is 0 Å². The summed E-state index contributed by atoms with van der Waals surface area (Å²) in [6.07, 6.45) is 5.70. The minimum absolute atomic E-state index is 0.341. The van der Waals surface area contributed by atoms with E-state index in [1.807, 2.05) is 29.9 Å². The second kappa shape index (κ2) is 3.93. The maximum Gasteiger partial charge on any atom is 0.141 e. The van der Waals surface area contributed by atoms with Crippen molar-refractivity contribution in [3.05, 3.63) is 36.4 Å². The molecule has 2 aromatic rings. The van der Waals surface area contributed by atoms with Gasteiger partial charge >= 0.3 is 0 Å². The minimum Gasteiger partial charge on any atom is -0.334 e. The van der Waals surface area contributed by atoms with Crippen molar-refractivity contribution in [3.8, 4) is 17.5 Å². The molecule has 0 aliphatic carbocycles. The van der Waals surface area contributed by atoms with E-state index < -0.39 is 0 Å². The molecule has 4 heteroatoms. The number of hydrogen-bond acceptors (Lipinski definition) is 3. The van der Waals surface area contributed by atoms with E-state index in [2.05, 4.69) is 16.0 Å². The Morgan fingerprint density at radius 3 is 3.07 bits per heavy atom. The van der Waals surface area contributed by atoms with Crippen LogP contribution in [0, 0.1) is 11.3 Å². The van der Waals surface area contributed by atoms with Crippen molar-refractivity contribution in [2.24, 2.45) is 7.05 Å². The quantitative estimate of drug-likeness (QED) is 0.735. The van der Waals surface area contributed by atoms with Gasteiger partial charge in [0, 0.05) is 31.2 Å². The second-order valence-electron chi connectivity index (χ2n) is 3.24. The lowest BCUT2D eigenvalue weighted by atomic mass is 10.3. The SMILES string of the molecule is Cn1cc(CC#N)nc1-c1cccnc1. The average molecular weight is 198 g/mol. The molecule has 0 aromatic carbocycles. The number of hydrogen-bond donors (Lipinski definition) is 0. The molecule has 2 rings (SSSR count). The molecule has 74 valence electrons. The molecule has 0 fully saturated rings. The lowest BCUT2D eigenvalue weighted by molar-refractivity contribution is 0.922. The van der Waals surface area contributed by atoms with Crippen LogP contribution in [0.15, 0.2) is 30.7 Å². The first-order valence-electron chi connectivity index (χ1n) is 4.61. The number of nitrogens with zero attached hydrogens (tertiary/aromatic N) is 4. The fourth-order valence-electron chi connectivity index (χ4n) is 1.46. The predicted octanol–water partition coefficient (Wildman–Crippen LogP) is 1.55. The van der Waals surface area contributed by atoms with Crippen LogP contribution in [0.5, 0.6) is 0 Å². The van der Waals surface area contributed by atoms with E-state index in [4.69, 9.17) is 5.26 Å². The molecule has 0 aliphatic heterocycles. The number of imidazole rings is 1. The van der Waals surface area contributed by atoms with Gasteiger partial charge in [-0.25, -0.2) is 4.98 Å². The Morgan fingerprint density at radius 1 is 1.53 bits per heavy atom. The van der Waals surface area contributed by atoms with Gasteiger partial charge in [-0.3, -0.25) is 4.98 Å². The molecule has 0 spiro atoms. The molecule has 2 heterocycles. The normalized spacial score (nSPS) is 9.87. The van der Waals surface area contributed by atoms with Crippen LogP contribution in [-0.4, -0.2) is 14.5 Å². The molecule has 0 aliphatic rings. The van der Waals surface area contributed by atoms with Crippen molar-refractivity contribution in [1.82, 2.24) is 14.5 Å². The summed E-state index contributed by atoms with van der Waals surface area (Å²) in [5.74, 6) is 0.841. The largest absolute Gasteiger partial charge is 0.334 e. The molecule has 4 nitrogen and oxygen atoms in total. The highest BCUT2D eigenvalue weighted by Crippen LogP contribution is 2.16. The van der Waals surface area contributed by atoms with Crippen molar-refractivity contribution < 1.29 is 0 Å². The van der Waals surface area contributed by atoms with Gasteiger partial charge in [0.25, 0.3) is 0 Å². The van der Waals surface area contributed by atoms with Gasteiger partial charge in [-0.1, -0.05) is 0 Å². The van der Waals surface area contributed by atoms with Gasteiger partial charge in [0.1, 0.15) is 5.82 Å². The first kappa shape index (κ1) is 9.41. The van der Waals surface area contributed by atoms with Gasteiger partial charge in [0.2, 0.25) is 0 Å². The zero-order valence-corrected chi connectivity index (χ0v) is 8.38. The van der Waals surface area contributed by atoms with Crippen molar-refractivity contribution in [1.29, 1.82) is 5.26 Å². The van der Waals surface area contributed by atoms with Crippen LogP contribution in [-0.2, 0) is 13.5 Å². The van der Waals surface area contributed by atoms with Crippen LogP contribution in [0.1, 0.15) is 5.69 Å². The monoisotopic (exact) mass is 198 g/mol. The summed E-state index contributed by atoms with van der Waals surface area (Å²) in [6, 6.07) is 5.90. The van der Waals surface area contributed by atoms with Gasteiger partial charge in [-0.05, 0) is 12.1 Å². The minimum atomic E-state index is 0.341. The van der Waals surface area contributed by atoms with Crippen molar-refractivity contribution in [3.63, 3.8) is 0 Å². The zero-order valence-electron chi connectivity index (χ0n) is 8.38. The van der Waals surface area contributed by atoms with Crippen LogP contribution < -0.4 is 0 Å². The molecule has 0 unspecified atom stereocenters. The zero-order chi connectivity index (χ0) is 10.7. The van der Waals surface area contributed by atoms with Gasteiger partial charge in [0.05, 0.1) is 18.2 Å². The van der Waals surface area contributed by atoms with Gasteiger partial charge in [-0.2, -0.15) is 5.26 Å². The first-order chi connectivity index (χ1) is 7.31. The molecule has 0 saturated heterocycles. The Bertz CT molecular complexity index is 493. The third-order valence-electron chi connectivity index (χ3n) is 2.11. The summed E-state index contributed by atoms with van der Waals surface area (Å²) in [7, 11) is 1.91. The number of rotatable bonds is 2. The van der Waals surface area contributed by atoms with Crippen molar-refractivity contribution >= 4 is 0 Å². The van der Waals surface area contributed by atoms with E-state index in [0.717, 1.165) is 17.1 Å². The summed E-state index contributed by atoms with van der Waals surface area (Å²) in [5.41, 5.74) is 1.75. The Labute approximate surface area is 87.8 Å². The van der Waals surface area contributed by atoms with Gasteiger partial charge < -0.3 is 4.57 Å². The molecule has 2 aromatic heterocycles. The molecular formula is C11H10N4. The highest BCUT2D eigenvalue weighted by molar-refractivity contribution is 5.54. The van der Waals surface area contributed by atoms with E-state index in [0.29, 0.717) is 6.42 Å². The van der Waals surface area contributed by atoms with E-state index in [-0.39, 0.29) is 0 Å². The number of aryl methyl sites for hydroxylation is 1. The van der Waals surface area contributed by atoms with Gasteiger partial charge in [0.15, 0.2) is 0 Å². The summed E-state index contributed by atoms with van der Waals surface area (Å²) in [4.78, 5) is 8.41. The van der Waals surface area contributed by atoms with E-state index >= 15 is 0 Å². The van der Waals surface area contributed by atoms with Crippen molar-refractivity contribution in [2.75, 3.05) is 0 Å². The first-order valence-corrected chi connectivity index (χ1v) is 4.61. The maximum absolute atomic E-state index is 8.58. The van der Waals surface area contributed by atoms with Crippen LogP contribution >= 0.6 is 0 Å². The Morgan fingerprint density at radius 2 is 2.40 bits per heavy atom. The molecule has 0 atom stereocenters. The average Bonchev–Trinajstić information content (AvgIpc) is 2.61. The molecule has 0 amide bonds. The number of pyridine rings is 1. The Hall–Kier alpha value is -2.15. The second-order valence-corrected chi connectivity index (χ2v) is 3.24. The van der Waals surface area contributed by atoms with E-state index in [9.17, 15) is 0 Å². The summed E-state index contributed by atoms with van der Waals surface area (Å²) >= 11 is 0. The Kier molecular flexibility index (Phi) is 2.46. The topological polar surface area (TPSA) is 54.5 Å². The van der Waals surface area contributed by atoms with Crippen LogP contribution in [0.3, 0.4) is 0 Å².